The fourth-order valence-corrected chi connectivity index (χ4v) is 2.25. The number of nitrogens with two attached hydrogens (primary N) is 1. The summed E-state index contributed by atoms with van der Waals surface area (Å²) in [6.45, 7) is 5.52. The van der Waals surface area contributed by atoms with Crippen molar-refractivity contribution in [2.24, 2.45) is 5.73 Å². The first kappa shape index (κ1) is 15.0. The fraction of sp³-hybridized carbons (Fsp3) is 0.235. The highest BCUT2D eigenvalue weighted by molar-refractivity contribution is 5.50. The van der Waals surface area contributed by atoms with Gasteiger partial charge in [0, 0.05) is 11.6 Å². The zero-order valence-electron chi connectivity index (χ0n) is 12.3. The van der Waals surface area contributed by atoms with Crippen LogP contribution in [0.2, 0.25) is 0 Å². The lowest BCUT2D eigenvalue weighted by Gasteiger charge is -2.17. The van der Waals surface area contributed by atoms with Crippen LogP contribution in [0.5, 0.6) is 11.5 Å². The summed E-state index contributed by atoms with van der Waals surface area (Å²) in [7, 11) is 0. The lowest BCUT2D eigenvalue weighted by Crippen LogP contribution is -2.07. The monoisotopic (exact) mass is 284 g/mol. The number of rotatable bonds is 3. The van der Waals surface area contributed by atoms with Crippen LogP contribution in [0, 0.1) is 31.0 Å². The first-order valence-electron chi connectivity index (χ1n) is 6.66. The van der Waals surface area contributed by atoms with Crippen molar-refractivity contribution in [1.82, 2.24) is 0 Å². The lowest BCUT2D eigenvalue weighted by atomic mass is 10.1. The molecule has 0 aliphatic heterocycles. The Balaban J connectivity index is 2.46. The van der Waals surface area contributed by atoms with Crippen molar-refractivity contribution in [1.29, 1.82) is 5.26 Å². The summed E-state index contributed by atoms with van der Waals surface area (Å²) in [4.78, 5) is 0. The fourth-order valence-electron chi connectivity index (χ4n) is 2.25. The van der Waals surface area contributed by atoms with E-state index in [1.54, 1.807) is 25.1 Å². The molecule has 21 heavy (non-hydrogen) atoms. The molecule has 0 aliphatic carbocycles. The largest absolute Gasteiger partial charge is 0.456 e. The zero-order chi connectivity index (χ0) is 15.6. The molecule has 0 saturated carbocycles. The van der Waals surface area contributed by atoms with E-state index >= 15 is 0 Å². The molecule has 0 aliphatic rings. The summed E-state index contributed by atoms with van der Waals surface area (Å²) in [5.41, 5.74) is 8.77. The summed E-state index contributed by atoms with van der Waals surface area (Å²) >= 11 is 0. The molecule has 4 heteroatoms. The first-order chi connectivity index (χ1) is 9.92. The maximum absolute atomic E-state index is 13.4. The van der Waals surface area contributed by atoms with Gasteiger partial charge in [-0.3, -0.25) is 0 Å². The summed E-state index contributed by atoms with van der Waals surface area (Å²) in [6, 6.07) is 9.60. The Bertz CT molecular complexity index is 694. The highest BCUT2D eigenvalue weighted by Gasteiger charge is 2.13. The van der Waals surface area contributed by atoms with E-state index in [1.165, 1.54) is 12.1 Å². The quantitative estimate of drug-likeness (QED) is 0.922. The Labute approximate surface area is 123 Å². The third-order valence-electron chi connectivity index (χ3n) is 3.26. The highest BCUT2D eigenvalue weighted by atomic mass is 19.1. The van der Waals surface area contributed by atoms with Crippen LogP contribution in [0.4, 0.5) is 4.39 Å². The number of halogens is 1. The molecule has 2 aromatic carbocycles. The number of nitrogens with zero attached hydrogens (tertiary/aromatic N) is 1. The molecule has 0 spiro atoms. The maximum Gasteiger partial charge on any atom is 0.133 e. The second kappa shape index (κ2) is 5.94. The Morgan fingerprint density at radius 3 is 2.33 bits per heavy atom. The molecule has 0 amide bonds. The third kappa shape index (κ3) is 3.21. The third-order valence-corrected chi connectivity index (χ3v) is 3.26. The van der Waals surface area contributed by atoms with Gasteiger partial charge in [0.2, 0.25) is 0 Å². The molecular weight excluding hydrogens is 267 g/mol. The zero-order valence-corrected chi connectivity index (χ0v) is 12.3. The average Bonchev–Trinajstić information content (AvgIpc) is 2.43. The number of aryl methyl sites for hydroxylation is 2. The lowest BCUT2D eigenvalue weighted by molar-refractivity contribution is 0.462. The van der Waals surface area contributed by atoms with Crippen LogP contribution in [-0.4, -0.2) is 0 Å². The van der Waals surface area contributed by atoms with E-state index in [9.17, 15) is 4.39 Å². The molecule has 2 aromatic rings. The topological polar surface area (TPSA) is 59.0 Å². The number of ether oxygens (including phenoxy) is 1. The van der Waals surface area contributed by atoms with Crippen LogP contribution in [0.3, 0.4) is 0 Å². The van der Waals surface area contributed by atoms with E-state index in [1.807, 2.05) is 13.8 Å². The van der Waals surface area contributed by atoms with Gasteiger partial charge in [-0.05, 0) is 62.2 Å². The second-order valence-electron chi connectivity index (χ2n) is 5.12. The molecule has 0 aromatic heterocycles. The van der Waals surface area contributed by atoms with Crippen LogP contribution in [0.15, 0.2) is 30.3 Å². The van der Waals surface area contributed by atoms with E-state index < -0.39 is 0 Å². The summed E-state index contributed by atoms with van der Waals surface area (Å²) in [5.74, 6) is 0.854. The molecule has 0 unspecified atom stereocenters. The number of hydrogen-bond donors (Lipinski definition) is 1. The van der Waals surface area contributed by atoms with Gasteiger partial charge in [-0.1, -0.05) is 0 Å². The number of benzene rings is 2. The summed E-state index contributed by atoms with van der Waals surface area (Å²) in [5, 5.41) is 8.97. The van der Waals surface area contributed by atoms with Crippen LogP contribution in [0.1, 0.15) is 35.2 Å². The SMILES string of the molecule is Cc1cc(C#N)cc(C)c1Oc1ccc(F)cc1[C@@H](C)N. The Morgan fingerprint density at radius 2 is 1.81 bits per heavy atom. The summed E-state index contributed by atoms with van der Waals surface area (Å²) < 4.78 is 19.3. The van der Waals surface area contributed by atoms with E-state index in [-0.39, 0.29) is 11.9 Å². The van der Waals surface area contributed by atoms with Gasteiger partial charge < -0.3 is 10.5 Å². The molecule has 0 radical (unpaired) electrons. The van der Waals surface area contributed by atoms with E-state index in [2.05, 4.69) is 6.07 Å². The molecule has 0 bridgehead atoms. The van der Waals surface area contributed by atoms with Gasteiger partial charge in [0.05, 0.1) is 11.6 Å². The Kier molecular flexibility index (Phi) is 4.25. The van der Waals surface area contributed by atoms with Crippen molar-refractivity contribution in [3.8, 4) is 17.6 Å². The molecular formula is C17H17FN2O. The minimum Gasteiger partial charge on any atom is -0.456 e. The molecule has 0 fully saturated rings. The van der Waals surface area contributed by atoms with E-state index in [4.69, 9.17) is 15.7 Å². The Hall–Kier alpha value is -2.38. The van der Waals surface area contributed by atoms with Gasteiger partial charge >= 0.3 is 0 Å². The molecule has 0 heterocycles. The molecule has 1 atom stereocenters. The van der Waals surface area contributed by atoms with Crippen molar-refractivity contribution >= 4 is 0 Å². The minimum absolute atomic E-state index is 0.338. The molecule has 3 nitrogen and oxygen atoms in total. The van der Waals surface area contributed by atoms with E-state index in [0.29, 0.717) is 22.6 Å². The molecule has 108 valence electrons. The van der Waals surface area contributed by atoms with Gasteiger partial charge in [0.1, 0.15) is 17.3 Å². The second-order valence-corrected chi connectivity index (χ2v) is 5.12. The smallest absolute Gasteiger partial charge is 0.133 e. The molecule has 0 saturated heterocycles. The van der Waals surface area contributed by atoms with Gasteiger partial charge in [-0.2, -0.15) is 5.26 Å². The normalized spacial score (nSPS) is 11.8. The van der Waals surface area contributed by atoms with Gasteiger partial charge in [-0.25, -0.2) is 4.39 Å². The number of hydrogen-bond acceptors (Lipinski definition) is 3. The van der Waals surface area contributed by atoms with Gasteiger partial charge in [0.25, 0.3) is 0 Å². The van der Waals surface area contributed by atoms with Crippen LogP contribution >= 0.6 is 0 Å². The van der Waals surface area contributed by atoms with Crippen LogP contribution < -0.4 is 10.5 Å². The van der Waals surface area contributed by atoms with Crippen molar-refractivity contribution in [2.45, 2.75) is 26.8 Å². The van der Waals surface area contributed by atoms with Crippen molar-refractivity contribution in [3.05, 3.63) is 58.4 Å². The Morgan fingerprint density at radius 1 is 1.19 bits per heavy atom. The highest BCUT2D eigenvalue weighted by Crippen LogP contribution is 2.33. The van der Waals surface area contributed by atoms with Crippen molar-refractivity contribution in [3.63, 3.8) is 0 Å². The summed E-state index contributed by atoms with van der Waals surface area (Å²) in [6.07, 6.45) is 0. The average molecular weight is 284 g/mol. The standard InChI is InChI=1S/C17H17FN2O/c1-10-6-13(9-19)7-11(2)17(10)21-16-5-4-14(18)8-15(16)12(3)20/h4-8,12H,20H2,1-3H3/t12-/m1/s1. The van der Waals surface area contributed by atoms with Crippen LogP contribution in [0.25, 0.3) is 0 Å². The van der Waals surface area contributed by atoms with Crippen molar-refractivity contribution < 1.29 is 9.13 Å². The maximum atomic E-state index is 13.4. The van der Waals surface area contributed by atoms with Crippen molar-refractivity contribution in [2.75, 3.05) is 0 Å². The van der Waals surface area contributed by atoms with Gasteiger partial charge in [-0.15, -0.1) is 0 Å². The number of nitriles is 1. The molecule has 2 rings (SSSR count). The van der Waals surface area contributed by atoms with Gasteiger partial charge in [0.15, 0.2) is 0 Å². The van der Waals surface area contributed by atoms with Crippen LogP contribution in [-0.2, 0) is 0 Å². The minimum atomic E-state index is -0.345. The predicted molar refractivity (Wildman–Crippen MR) is 79.7 cm³/mol. The first-order valence-corrected chi connectivity index (χ1v) is 6.66. The predicted octanol–water partition coefficient (Wildman–Crippen LogP) is 4.13. The van der Waals surface area contributed by atoms with E-state index in [0.717, 1.165) is 11.1 Å². The molecule has 2 N–H and O–H groups in total.